The molecule has 2 aromatic carbocycles. The van der Waals surface area contributed by atoms with Gasteiger partial charge in [-0.25, -0.2) is 13.2 Å². The number of aryl methyl sites for hydroxylation is 1. The van der Waals surface area contributed by atoms with E-state index in [0.717, 1.165) is 37.0 Å². The molecule has 0 saturated heterocycles. The van der Waals surface area contributed by atoms with Gasteiger partial charge in [0.15, 0.2) is 23.2 Å². The fraction of sp³-hybridized carbons (Fsp3) is 0.611. The Bertz CT molecular complexity index is 1130. The van der Waals surface area contributed by atoms with Crippen molar-refractivity contribution in [2.75, 3.05) is 6.61 Å². The summed E-state index contributed by atoms with van der Waals surface area (Å²) in [6.45, 7) is 4.61. The van der Waals surface area contributed by atoms with Crippen LogP contribution < -0.4 is 4.74 Å². The first-order valence-electron chi connectivity index (χ1n) is 16.2. The molecular formula is C36H48F4O. The molecule has 2 aliphatic rings. The lowest BCUT2D eigenvalue weighted by atomic mass is 9.68. The largest absolute Gasteiger partial charge is 0.490 e. The molecule has 0 atom stereocenters. The monoisotopic (exact) mass is 572 g/mol. The van der Waals surface area contributed by atoms with E-state index in [1.807, 2.05) is 6.92 Å². The van der Waals surface area contributed by atoms with Crippen molar-refractivity contribution in [1.82, 2.24) is 0 Å². The number of ether oxygens (including phenoxy) is 1. The van der Waals surface area contributed by atoms with E-state index in [0.29, 0.717) is 18.8 Å². The van der Waals surface area contributed by atoms with Gasteiger partial charge in [-0.15, -0.1) is 0 Å². The van der Waals surface area contributed by atoms with Crippen molar-refractivity contribution in [3.63, 3.8) is 0 Å². The molecule has 0 spiro atoms. The molecule has 0 N–H and O–H groups in total. The average Bonchev–Trinajstić information content (AvgIpc) is 2.99. The predicted octanol–water partition coefficient (Wildman–Crippen LogP) is 11.4. The van der Waals surface area contributed by atoms with Crippen molar-refractivity contribution in [3.8, 4) is 16.9 Å². The molecule has 0 bridgehead atoms. The Kier molecular flexibility index (Phi) is 12.2. The van der Waals surface area contributed by atoms with E-state index < -0.39 is 23.3 Å². The summed E-state index contributed by atoms with van der Waals surface area (Å²) in [5.74, 6) is -1.44. The maximum absolute atomic E-state index is 15.0. The minimum absolute atomic E-state index is 0.213. The Balaban J connectivity index is 1.26. The lowest BCUT2D eigenvalue weighted by Crippen LogP contribution is -2.25. The molecule has 2 aliphatic carbocycles. The van der Waals surface area contributed by atoms with Crippen molar-refractivity contribution < 1.29 is 22.3 Å². The van der Waals surface area contributed by atoms with Gasteiger partial charge < -0.3 is 4.74 Å². The van der Waals surface area contributed by atoms with Gasteiger partial charge in [0.25, 0.3) is 0 Å². The second-order valence-corrected chi connectivity index (χ2v) is 12.4. The zero-order chi connectivity index (χ0) is 29.2. The third-order valence-corrected chi connectivity index (χ3v) is 9.56. The van der Waals surface area contributed by atoms with E-state index in [-0.39, 0.29) is 29.0 Å². The van der Waals surface area contributed by atoms with Gasteiger partial charge in [-0.3, -0.25) is 0 Å². The Morgan fingerprint density at radius 2 is 1.34 bits per heavy atom. The molecule has 0 radical (unpaired) electrons. The van der Waals surface area contributed by atoms with E-state index in [1.54, 1.807) is 0 Å². The molecule has 2 fully saturated rings. The van der Waals surface area contributed by atoms with Gasteiger partial charge in [0.05, 0.1) is 6.61 Å². The zero-order valence-corrected chi connectivity index (χ0v) is 25.0. The minimum Gasteiger partial charge on any atom is -0.490 e. The lowest BCUT2D eigenvalue weighted by Gasteiger charge is -2.37. The van der Waals surface area contributed by atoms with Crippen LogP contribution in [0.15, 0.2) is 36.4 Å². The second-order valence-electron chi connectivity index (χ2n) is 12.4. The van der Waals surface area contributed by atoms with Crippen molar-refractivity contribution in [2.24, 2.45) is 23.7 Å². The van der Waals surface area contributed by atoms with Crippen LogP contribution in [0.25, 0.3) is 11.1 Å². The van der Waals surface area contributed by atoms with Crippen LogP contribution in [-0.2, 0) is 6.42 Å². The van der Waals surface area contributed by atoms with E-state index in [1.165, 1.54) is 88.5 Å². The molecular weight excluding hydrogens is 524 g/mol. The molecule has 41 heavy (non-hydrogen) atoms. The van der Waals surface area contributed by atoms with Gasteiger partial charge in [0.2, 0.25) is 5.82 Å². The molecule has 5 heteroatoms. The first-order chi connectivity index (χ1) is 19.9. The number of halogens is 4. The van der Waals surface area contributed by atoms with Crippen molar-refractivity contribution in [3.05, 3.63) is 65.2 Å². The van der Waals surface area contributed by atoms with Crippen LogP contribution in [0.5, 0.6) is 5.75 Å². The fourth-order valence-corrected chi connectivity index (χ4v) is 7.07. The van der Waals surface area contributed by atoms with Gasteiger partial charge in [-0.05, 0) is 99.2 Å². The first kappa shape index (κ1) is 31.6. The molecule has 0 unspecified atom stereocenters. The van der Waals surface area contributed by atoms with Crippen molar-refractivity contribution in [1.29, 1.82) is 0 Å². The molecule has 226 valence electrons. The van der Waals surface area contributed by atoms with Crippen LogP contribution in [0.3, 0.4) is 0 Å². The molecule has 0 aliphatic heterocycles. The van der Waals surface area contributed by atoms with Gasteiger partial charge >= 0.3 is 0 Å². The number of hydrogen-bond donors (Lipinski definition) is 0. The van der Waals surface area contributed by atoms with Crippen LogP contribution in [0.1, 0.15) is 109 Å². The summed E-state index contributed by atoms with van der Waals surface area (Å²) in [6, 6.07) is 5.35. The van der Waals surface area contributed by atoms with E-state index >= 15 is 0 Å². The van der Waals surface area contributed by atoms with Gasteiger partial charge in [0, 0.05) is 11.1 Å². The number of unbranched alkanes of at least 4 members (excludes halogenated alkanes) is 2. The quantitative estimate of drug-likeness (QED) is 0.132. The van der Waals surface area contributed by atoms with E-state index in [4.69, 9.17) is 4.74 Å². The Labute approximate surface area is 244 Å². The summed E-state index contributed by atoms with van der Waals surface area (Å²) in [6.07, 6.45) is 21.4. The predicted molar refractivity (Wildman–Crippen MR) is 160 cm³/mol. The van der Waals surface area contributed by atoms with Crippen LogP contribution in [0.2, 0.25) is 0 Å². The van der Waals surface area contributed by atoms with Gasteiger partial charge in [0.1, 0.15) is 0 Å². The maximum atomic E-state index is 15.0. The lowest BCUT2D eigenvalue weighted by molar-refractivity contribution is 0.152. The molecule has 1 nitrogen and oxygen atoms in total. The Hall–Kier alpha value is -2.30. The van der Waals surface area contributed by atoms with Crippen LogP contribution in [0.4, 0.5) is 17.6 Å². The number of allylic oxidation sites excluding steroid dienone is 2. The topological polar surface area (TPSA) is 9.23 Å². The van der Waals surface area contributed by atoms with Crippen LogP contribution in [-0.4, -0.2) is 6.61 Å². The molecule has 0 amide bonds. The average molecular weight is 573 g/mol. The second kappa shape index (κ2) is 15.8. The number of benzene rings is 2. The highest BCUT2D eigenvalue weighted by Crippen LogP contribution is 2.42. The SMILES string of the molecule is CCCCCOc1ccc(-c2ccc(CC/C=C/C3CCC(C4CCC(CCC)CC4)CC3)c(F)c2F)c(F)c1F. The van der Waals surface area contributed by atoms with Crippen molar-refractivity contribution >= 4 is 0 Å². The summed E-state index contributed by atoms with van der Waals surface area (Å²) < 4.78 is 64.6. The van der Waals surface area contributed by atoms with Gasteiger partial charge in [-0.1, -0.05) is 76.7 Å². The van der Waals surface area contributed by atoms with Gasteiger partial charge in [-0.2, -0.15) is 4.39 Å². The summed E-state index contributed by atoms with van der Waals surface area (Å²) >= 11 is 0. The Morgan fingerprint density at radius 1 is 0.707 bits per heavy atom. The third kappa shape index (κ3) is 8.38. The standard InChI is InChI=1S/C36H48F4O/c1-3-5-8-24-41-32-23-22-31(35(39)36(32)40)30-21-20-29(33(37)34(30)38)11-7-6-10-26-14-18-28(19-15-26)27-16-12-25(9-4-2)13-17-27/h6,10,20-23,25-28H,3-5,7-9,11-19,24H2,1-2H3/b10-6+. The summed E-state index contributed by atoms with van der Waals surface area (Å²) in [4.78, 5) is 0. The number of hydrogen-bond acceptors (Lipinski definition) is 1. The van der Waals surface area contributed by atoms with Crippen LogP contribution in [0, 0.1) is 46.9 Å². The molecule has 4 rings (SSSR count). The highest BCUT2D eigenvalue weighted by Gasteiger charge is 2.30. The molecule has 2 aromatic rings. The van der Waals surface area contributed by atoms with E-state index in [9.17, 15) is 17.6 Å². The zero-order valence-electron chi connectivity index (χ0n) is 25.0. The Morgan fingerprint density at radius 3 is 2.00 bits per heavy atom. The summed E-state index contributed by atoms with van der Waals surface area (Å²) in [7, 11) is 0. The third-order valence-electron chi connectivity index (χ3n) is 9.56. The first-order valence-corrected chi connectivity index (χ1v) is 16.2. The highest BCUT2D eigenvalue weighted by molar-refractivity contribution is 5.66. The normalized spacial score (nSPS) is 23.3. The summed E-state index contributed by atoms with van der Waals surface area (Å²) in [5.41, 5.74) is -0.350. The maximum Gasteiger partial charge on any atom is 0.201 e. The smallest absolute Gasteiger partial charge is 0.201 e. The minimum atomic E-state index is -1.23. The molecule has 0 aromatic heterocycles. The number of rotatable bonds is 13. The molecule has 0 heterocycles. The van der Waals surface area contributed by atoms with Crippen molar-refractivity contribution in [2.45, 2.75) is 110 Å². The summed E-state index contributed by atoms with van der Waals surface area (Å²) in [5, 5.41) is 0. The fourth-order valence-electron chi connectivity index (χ4n) is 7.07. The highest BCUT2D eigenvalue weighted by atomic mass is 19.2. The van der Waals surface area contributed by atoms with E-state index in [2.05, 4.69) is 19.1 Å². The van der Waals surface area contributed by atoms with Crippen LogP contribution >= 0.6 is 0 Å². The molecule has 2 saturated carbocycles.